The minimum atomic E-state index is -0.685. The molecule has 25 heavy (non-hydrogen) atoms. The van der Waals surface area contributed by atoms with Crippen molar-refractivity contribution < 1.29 is 18.7 Å². The number of hydrogen-bond acceptors (Lipinski definition) is 5. The van der Waals surface area contributed by atoms with E-state index in [0.29, 0.717) is 15.8 Å². The lowest BCUT2D eigenvalue weighted by atomic mass is 10.1. The van der Waals surface area contributed by atoms with Crippen LogP contribution in [0.1, 0.15) is 20.9 Å². The van der Waals surface area contributed by atoms with Crippen LogP contribution in [-0.4, -0.2) is 19.0 Å². The summed E-state index contributed by atoms with van der Waals surface area (Å²) in [5, 5.41) is 3.78. The third kappa shape index (κ3) is 3.39. The molecular weight excluding hydrogens is 346 g/mol. The van der Waals surface area contributed by atoms with Gasteiger partial charge in [-0.2, -0.15) is 0 Å². The van der Waals surface area contributed by atoms with Crippen molar-refractivity contribution in [1.29, 1.82) is 0 Å². The lowest BCUT2D eigenvalue weighted by Gasteiger charge is -2.10. The third-order valence-corrected chi connectivity index (χ3v) is 3.76. The number of carbonyl (C=O) groups is 2. The number of ether oxygens (including phenoxy) is 1. The molecule has 0 spiro atoms. The van der Waals surface area contributed by atoms with Gasteiger partial charge in [-0.15, -0.1) is 0 Å². The summed E-state index contributed by atoms with van der Waals surface area (Å²) in [5.41, 5.74) is -0.342. The first-order valence-electron chi connectivity index (χ1n) is 7.21. The molecule has 1 aromatic heterocycles. The summed E-state index contributed by atoms with van der Waals surface area (Å²) < 4.78 is 9.74. The maximum atomic E-state index is 12.4. The fourth-order valence-corrected chi connectivity index (χ4v) is 2.51. The molecule has 0 bridgehead atoms. The second kappa shape index (κ2) is 6.78. The van der Waals surface area contributed by atoms with Gasteiger partial charge in [-0.05, 0) is 35.7 Å². The number of anilines is 1. The van der Waals surface area contributed by atoms with Crippen molar-refractivity contribution in [3.63, 3.8) is 0 Å². The molecule has 1 heterocycles. The minimum Gasteiger partial charge on any atom is -0.465 e. The molecule has 0 saturated heterocycles. The molecule has 1 amide bonds. The first-order valence-corrected chi connectivity index (χ1v) is 7.59. The number of amides is 1. The van der Waals surface area contributed by atoms with Crippen LogP contribution in [-0.2, 0) is 4.74 Å². The van der Waals surface area contributed by atoms with E-state index in [-0.39, 0.29) is 17.0 Å². The lowest BCUT2D eigenvalue weighted by Crippen LogP contribution is -2.17. The fourth-order valence-electron chi connectivity index (χ4n) is 2.34. The zero-order valence-corrected chi connectivity index (χ0v) is 13.8. The molecule has 1 N–H and O–H groups in total. The van der Waals surface area contributed by atoms with Gasteiger partial charge in [0.05, 0.1) is 23.7 Å². The van der Waals surface area contributed by atoms with E-state index in [4.69, 9.17) is 16.0 Å². The number of methoxy groups -OCH3 is 1. The number of halogens is 1. The highest BCUT2D eigenvalue weighted by molar-refractivity contribution is 6.31. The Labute approximate surface area is 147 Å². The number of benzene rings is 2. The first kappa shape index (κ1) is 16.7. The van der Waals surface area contributed by atoms with Crippen LogP contribution in [0, 0.1) is 0 Å². The lowest BCUT2D eigenvalue weighted by molar-refractivity contribution is 0.0602. The monoisotopic (exact) mass is 357 g/mol. The molecule has 6 nitrogen and oxygen atoms in total. The molecule has 0 saturated carbocycles. The van der Waals surface area contributed by atoms with E-state index < -0.39 is 17.5 Å². The Morgan fingerprint density at radius 1 is 1.12 bits per heavy atom. The van der Waals surface area contributed by atoms with Gasteiger partial charge >= 0.3 is 11.6 Å². The topological polar surface area (TPSA) is 85.6 Å². The Morgan fingerprint density at radius 2 is 1.88 bits per heavy atom. The normalized spacial score (nSPS) is 10.5. The van der Waals surface area contributed by atoms with Crippen molar-refractivity contribution in [1.82, 2.24) is 0 Å². The van der Waals surface area contributed by atoms with E-state index >= 15 is 0 Å². The van der Waals surface area contributed by atoms with Gasteiger partial charge in [0.15, 0.2) is 5.76 Å². The molecular formula is C18H12ClNO5. The first-order chi connectivity index (χ1) is 12.0. The van der Waals surface area contributed by atoms with Crippen molar-refractivity contribution in [2.75, 3.05) is 12.4 Å². The molecule has 0 aliphatic rings. The molecule has 126 valence electrons. The Morgan fingerprint density at radius 3 is 2.64 bits per heavy atom. The molecule has 3 aromatic rings. The summed E-state index contributed by atoms with van der Waals surface area (Å²) in [5.74, 6) is -1.50. The molecule has 0 aliphatic heterocycles. The standard InChI is InChI=1S/C18H12ClNO5/c1-24-17(22)13-7-6-11(19)9-14(13)20-16(21)15-8-10-4-2-3-5-12(10)18(23)25-15/h2-9H,1H3,(H,20,21). The predicted molar refractivity (Wildman–Crippen MR) is 93.2 cm³/mol. The quantitative estimate of drug-likeness (QED) is 0.725. The summed E-state index contributed by atoms with van der Waals surface area (Å²) in [4.78, 5) is 36.2. The Hall–Kier alpha value is -3.12. The Kier molecular flexibility index (Phi) is 4.54. The summed E-state index contributed by atoms with van der Waals surface area (Å²) in [7, 11) is 1.23. The van der Waals surface area contributed by atoms with Crippen LogP contribution in [0.2, 0.25) is 5.02 Å². The highest BCUT2D eigenvalue weighted by Crippen LogP contribution is 2.23. The molecule has 7 heteroatoms. The smallest absolute Gasteiger partial charge is 0.344 e. The van der Waals surface area contributed by atoms with E-state index in [9.17, 15) is 14.4 Å². The van der Waals surface area contributed by atoms with Crippen LogP contribution < -0.4 is 10.9 Å². The highest BCUT2D eigenvalue weighted by atomic mass is 35.5. The van der Waals surface area contributed by atoms with Crippen LogP contribution >= 0.6 is 11.6 Å². The SMILES string of the molecule is COC(=O)c1ccc(Cl)cc1NC(=O)c1cc2ccccc2c(=O)o1. The third-order valence-electron chi connectivity index (χ3n) is 3.53. The van der Waals surface area contributed by atoms with Crippen molar-refractivity contribution in [3.8, 4) is 0 Å². The zero-order valence-electron chi connectivity index (χ0n) is 13.0. The van der Waals surface area contributed by atoms with Gasteiger partial charge in [0.2, 0.25) is 0 Å². The average molecular weight is 358 g/mol. The second-order valence-electron chi connectivity index (χ2n) is 5.12. The molecule has 0 aliphatic carbocycles. The number of nitrogens with one attached hydrogen (secondary N) is 1. The van der Waals surface area contributed by atoms with Crippen molar-refractivity contribution in [3.05, 3.63) is 75.3 Å². The van der Waals surface area contributed by atoms with Gasteiger partial charge in [0.1, 0.15) is 0 Å². The number of hydrogen-bond donors (Lipinski definition) is 1. The van der Waals surface area contributed by atoms with Crippen LogP contribution in [0.15, 0.2) is 57.7 Å². The molecule has 0 atom stereocenters. The molecule has 0 unspecified atom stereocenters. The zero-order chi connectivity index (χ0) is 18.0. The fraction of sp³-hybridized carbons (Fsp3) is 0.0556. The maximum absolute atomic E-state index is 12.4. The summed E-state index contributed by atoms with van der Waals surface area (Å²) >= 11 is 5.92. The van der Waals surface area contributed by atoms with Gasteiger partial charge in [0.25, 0.3) is 5.91 Å². The van der Waals surface area contributed by atoms with E-state index in [1.165, 1.54) is 31.4 Å². The minimum absolute atomic E-state index is 0.128. The van der Waals surface area contributed by atoms with E-state index in [1.54, 1.807) is 24.3 Å². The second-order valence-corrected chi connectivity index (χ2v) is 5.56. The predicted octanol–water partition coefficient (Wildman–Crippen LogP) is 3.49. The number of esters is 1. The molecule has 2 aromatic carbocycles. The van der Waals surface area contributed by atoms with E-state index in [2.05, 4.69) is 10.1 Å². The maximum Gasteiger partial charge on any atom is 0.344 e. The average Bonchev–Trinajstić information content (AvgIpc) is 2.61. The number of carbonyl (C=O) groups excluding carboxylic acids is 2. The molecule has 3 rings (SSSR count). The van der Waals surface area contributed by atoms with E-state index in [0.717, 1.165) is 0 Å². The molecule has 0 fully saturated rings. The highest BCUT2D eigenvalue weighted by Gasteiger charge is 2.17. The largest absolute Gasteiger partial charge is 0.465 e. The number of rotatable bonds is 3. The van der Waals surface area contributed by atoms with Crippen LogP contribution in [0.25, 0.3) is 10.8 Å². The van der Waals surface area contributed by atoms with Gasteiger partial charge < -0.3 is 14.5 Å². The van der Waals surface area contributed by atoms with Gasteiger partial charge in [0, 0.05) is 5.02 Å². The van der Waals surface area contributed by atoms with Gasteiger partial charge in [-0.25, -0.2) is 9.59 Å². The van der Waals surface area contributed by atoms with Gasteiger partial charge in [-0.3, -0.25) is 4.79 Å². The van der Waals surface area contributed by atoms with Crippen molar-refractivity contribution in [2.24, 2.45) is 0 Å². The molecule has 0 radical (unpaired) electrons. The summed E-state index contributed by atoms with van der Waals surface area (Å²) in [6.07, 6.45) is 0. The summed E-state index contributed by atoms with van der Waals surface area (Å²) in [6, 6.07) is 12.5. The Balaban J connectivity index is 1.99. The van der Waals surface area contributed by atoms with E-state index in [1.807, 2.05) is 0 Å². The van der Waals surface area contributed by atoms with Gasteiger partial charge in [-0.1, -0.05) is 29.8 Å². The Bertz CT molecular complexity index is 1040. The van der Waals surface area contributed by atoms with Crippen LogP contribution in [0.3, 0.4) is 0 Å². The van der Waals surface area contributed by atoms with Crippen molar-refractivity contribution >= 4 is 39.9 Å². The van der Waals surface area contributed by atoms with Crippen molar-refractivity contribution in [2.45, 2.75) is 0 Å². The van der Waals surface area contributed by atoms with Crippen LogP contribution in [0.4, 0.5) is 5.69 Å². The number of fused-ring (bicyclic) bond motifs is 1. The summed E-state index contributed by atoms with van der Waals surface area (Å²) in [6.45, 7) is 0. The van der Waals surface area contributed by atoms with Crippen LogP contribution in [0.5, 0.6) is 0 Å².